The molecule has 0 heterocycles. The van der Waals surface area contributed by atoms with Gasteiger partial charge in [0.15, 0.2) is 0 Å². The van der Waals surface area contributed by atoms with Crippen molar-refractivity contribution in [3.63, 3.8) is 0 Å². The van der Waals surface area contributed by atoms with Crippen LogP contribution in [0.3, 0.4) is 0 Å². The molecule has 1 aromatic carbocycles. The van der Waals surface area contributed by atoms with Crippen molar-refractivity contribution in [1.82, 2.24) is 10.2 Å². The molecule has 1 N–H and O–H groups in total. The van der Waals surface area contributed by atoms with Gasteiger partial charge >= 0.3 is 0 Å². The molecule has 20 heavy (non-hydrogen) atoms. The maximum absolute atomic E-state index is 5.47. The molecule has 0 amide bonds. The van der Waals surface area contributed by atoms with Gasteiger partial charge in [0.25, 0.3) is 0 Å². The van der Waals surface area contributed by atoms with E-state index in [0.29, 0.717) is 0 Å². The number of benzene rings is 1. The summed E-state index contributed by atoms with van der Waals surface area (Å²) in [5.74, 6) is 3.67. The fraction of sp³-hybridized carbons (Fsp3) is 0.556. The Morgan fingerprint density at radius 2 is 1.95 bits per heavy atom. The summed E-state index contributed by atoms with van der Waals surface area (Å²) in [6.07, 6.45) is 9.41. The molecule has 1 aliphatic rings. The lowest BCUT2D eigenvalue weighted by atomic mass is 10.1. The molecule has 0 unspecified atom stereocenters. The molecule has 0 bridgehead atoms. The molecule has 1 aliphatic carbocycles. The van der Waals surface area contributed by atoms with Crippen molar-refractivity contribution in [2.24, 2.45) is 5.92 Å². The molecule has 1 aromatic rings. The first-order chi connectivity index (χ1) is 9.81. The average molecular weight is 270 g/mol. The monoisotopic (exact) mass is 270 g/mol. The van der Waals surface area contributed by atoms with Crippen molar-refractivity contribution in [3.8, 4) is 12.3 Å². The second-order valence-electron chi connectivity index (χ2n) is 5.81. The molecule has 1 fully saturated rings. The summed E-state index contributed by atoms with van der Waals surface area (Å²) in [5, 5.41) is 3.43. The minimum atomic E-state index is 0.760. The Morgan fingerprint density at radius 1 is 1.25 bits per heavy atom. The van der Waals surface area contributed by atoms with E-state index >= 15 is 0 Å². The van der Waals surface area contributed by atoms with Gasteiger partial charge in [0, 0.05) is 19.6 Å². The van der Waals surface area contributed by atoms with Gasteiger partial charge in [-0.25, -0.2) is 0 Å². The molecular formula is C18H26N2. The molecule has 2 nitrogen and oxygen atoms in total. The fourth-order valence-corrected chi connectivity index (χ4v) is 2.41. The Labute approximate surface area is 123 Å². The molecule has 0 atom stereocenters. The minimum absolute atomic E-state index is 0.760. The highest BCUT2D eigenvalue weighted by Gasteiger charge is 2.23. The van der Waals surface area contributed by atoms with Crippen LogP contribution in [0.5, 0.6) is 0 Å². The Balaban J connectivity index is 1.82. The van der Waals surface area contributed by atoms with Crippen molar-refractivity contribution in [3.05, 3.63) is 35.4 Å². The zero-order valence-electron chi connectivity index (χ0n) is 12.6. The normalized spacial score (nSPS) is 14.4. The van der Waals surface area contributed by atoms with E-state index in [4.69, 9.17) is 6.42 Å². The summed E-state index contributed by atoms with van der Waals surface area (Å²) in [5.41, 5.74) is 2.72. The van der Waals surface area contributed by atoms with Gasteiger partial charge in [-0.15, -0.1) is 6.42 Å². The SMILES string of the molecule is C#CCN(Cc1ccc(CNCCC)cc1)CC1CC1. The van der Waals surface area contributed by atoms with Crippen molar-refractivity contribution in [1.29, 1.82) is 0 Å². The highest BCUT2D eigenvalue weighted by molar-refractivity contribution is 5.22. The number of hydrogen-bond donors (Lipinski definition) is 1. The maximum atomic E-state index is 5.47. The predicted octanol–water partition coefficient (Wildman–Crippen LogP) is 3.03. The summed E-state index contributed by atoms with van der Waals surface area (Å²) in [6, 6.07) is 8.92. The molecule has 2 heteroatoms. The zero-order valence-corrected chi connectivity index (χ0v) is 12.6. The van der Waals surface area contributed by atoms with Crippen molar-refractivity contribution in [2.45, 2.75) is 39.3 Å². The van der Waals surface area contributed by atoms with Crippen LogP contribution in [0.2, 0.25) is 0 Å². The average Bonchev–Trinajstić information content (AvgIpc) is 3.25. The van der Waals surface area contributed by atoms with Crippen LogP contribution in [-0.4, -0.2) is 24.5 Å². The number of rotatable bonds is 9. The second-order valence-corrected chi connectivity index (χ2v) is 5.81. The van der Waals surface area contributed by atoms with Crippen molar-refractivity contribution < 1.29 is 0 Å². The third-order valence-corrected chi connectivity index (χ3v) is 3.71. The van der Waals surface area contributed by atoms with Crippen LogP contribution >= 0.6 is 0 Å². The van der Waals surface area contributed by atoms with Crippen LogP contribution in [-0.2, 0) is 13.1 Å². The van der Waals surface area contributed by atoms with Crippen molar-refractivity contribution >= 4 is 0 Å². The number of hydrogen-bond acceptors (Lipinski definition) is 2. The quantitative estimate of drug-likeness (QED) is 0.548. The van der Waals surface area contributed by atoms with E-state index in [2.05, 4.69) is 47.3 Å². The van der Waals surface area contributed by atoms with Crippen LogP contribution in [0.25, 0.3) is 0 Å². The van der Waals surface area contributed by atoms with Crippen LogP contribution in [0.1, 0.15) is 37.3 Å². The van der Waals surface area contributed by atoms with Crippen LogP contribution in [0.4, 0.5) is 0 Å². The van der Waals surface area contributed by atoms with E-state index in [9.17, 15) is 0 Å². The maximum Gasteiger partial charge on any atom is 0.0601 e. The molecule has 108 valence electrons. The molecule has 0 spiro atoms. The first kappa shape index (κ1) is 15.1. The first-order valence-electron chi connectivity index (χ1n) is 7.76. The summed E-state index contributed by atoms with van der Waals surface area (Å²) in [6.45, 7) is 7.13. The third kappa shape index (κ3) is 5.36. The van der Waals surface area contributed by atoms with Gasteiger partial charge in [-0.1, -0.05) is 37.1 Å². The van der Waals surface area contributed by atoms with Gasteiger partial charge in [0.05, 0.1) is 6.54 Å². The van der Waals surface area contributed by atoms with Crippen LogP contribution in [0, 0.1) is 18.3 Å². The van der Waals surface area contributed by atoms with Gasteiger partial charge in [-0.05, 0) is 42.9 Å². The molecule has 0 saturated heterocycles. The van der Waals surface area contributed by atoms with Gasteiger partial charge in [0.1, 0.15) is 0 Å². The summed E-state index contributed by atoms with van der Waals surface area (Å²) < 4.78 is 0. The van der Waals surface area contributed by atoms with E-state index in [0.717, 1.165) is 38.6 Å². The molecule has 0 aromatic heterocycles. The van der Waals surface area contributed by atoms with E-state index in [-0.39, 0.29) is 0 Å². The molecule has 2 rings (SSSR count). The highest BCUT2D eigenvalue weighted by Crippen LogP contribution is 2.30. The van der Waals surface area contributed by atoms with Gasteiger partial charge in [-0.3, -0.25) is 4.90 Å². The van der Waals surface area contributed by atoms with E-state index < -0.39 is 0 Å². The molecule has 1 saturated carbocycles. The Kier molecular flexibility index (Phi) is 6.11. The van der Waals surface area contributed by atoms with E-state index in [1.54, 1.807) is 0 Å². The Morgan fingerprint density at radius 3 is 2.55 bits per heavy atom. The fourth-order valence-electron chi connectivity index (χ4n) is 2.41. The van der Waals surface area contributed by atoms with Crippen LogP contribution < -0.4 is 5.32 Å². The topological polar surface area (TPSA) is 15.3 Å². The number of nitrogens with zero attached hydrogens (tertiary/aromatic N) is 1. The molecular weight excluding hydrogens is 244 g/mol. The molecule has 0 aliphatic heterocycles. The van der Waals surface area contributed by atoms with E-state index in [1.807, 2.05) is 0 Å². The van der Waals surface area contributed by atoms with Crippen molar-refractivity contribution in [2.75, 3.05) is 19.6 Å². The van der Waals surface area contributed by atoms with Gasteiger partial charge in [0.2, 0.25) is 0 Å². The minimum Gasteiger partial charge on any atom is -0.313 e. The standard InChI is InChI=1S/C18H26N2/c1-3-11-19-13-16-5-7-17(8-6-16)14-20(12-4-2)15-18-9-10-18/h2,5-8,18-19H,3,9-15H2,1H3. The second kappa shape index (κ2) is 8.09. The van der Waals surface area contributed by atoms with Gasteiger partial charge in [-0.2, -0.15) is 0 Å². The summed E-state index contributed by atoms with van der Waals surface area (Å²) in [7, 11) is 0. The largest absolute Gasteiger partial charge is 0.313 e. The Bertz CT molecular complexity index is 426. The zero-order chi connectivity index (χ0) is 14.2. The van der Waals surface area contributed by atoms with E-state index in [1.165, 1.54) is 30.4 Å². The molecule has 0 radical (unpaired) electrons. The van der Waals surface area contributed by atoms with Crippen LogP contribution in [0.15, 0.2) is 24.3 Å². The smallest absolute Gasteiger partial charge is 0.0601 e. The summed E-state index contributed by atoms with van der Waals surface area (Å²) >= 11 is 0. The lowest BCUT2D eigenvalue weighted by Gasteiger charge is -2.19. The highest BCUT2D eigenvalue weighted by atomic mass is 15.1. The lowest BCUT2D eigenvalue weighted by Crippen LogP contribution is -2.26. The predicted molar refractivity (Wildman–Crippen MR) is 85.3 cm³/mol. The number of nitrogens with one attached hydrogen (secondary N) is 1. The Hall–Kier alpha value is -1.30. The first-order valence-corrected chi connectivity index (χ1v) is 7.76. The number of terminal acetylenes is 1. The van der Waals surface area contributed by atoms with Gasteiger partial charge < -0.3 is 5.32 Å². The third-order valence-electron chi connectivity index (χ3n) is 3.71. The lowest BCUT2D eigenvalue weighted by molar-refractivity contribution is 0.286. The summed E-state index contributed by atoms with van der Waals surface area (Å²) in [4.78, 5) is 2.39.